The van der Waals surface area contributed by atoms with Crippen LogP contribution in [0.25, 0.3) is 0 Å². The molecule has 0 fully saturated rings. The molecule has 0 heterocycles. The maximum Gasteiger partial charge on any atom is 0.284 e. The average molecular weight is 362 g/mol. The number of nitro groups is 1. The maximum absolute atomic E-state index is 11.8. The first-order chi connectivity index (χ1) is 10.5. The van der Waals surface area contributed by atoms with Gasteiger partial charge in [0.2, 0.25) is 0 Å². The highest BCUT2D eigenvalue weighted by Crippen LogP contribution is 2.24. The minimum atomic E-state index is -0.494. The summed E-state index contributed by atoms with van der Waals surface area (Å²) in [6.07, 6.45) is 1.35. The largest absolute Gasteiger partial charge is 0.284 e. The van der Waals surface area contributed by atoms with Gasteiger partial charge in [-0.15, -0.1) is 0 Å². The van der Waals surface area contributed by atoms with E-state index in [4.69, 9.17) is 0 Å². The van der Waals surface area contributed by atoms with Crippen molar-refractivity contribution in [3.8, 4) is 0 Å². The van der Waals surface area contributed by atoms with Gasteiger partial charge in [-0.05, 0) is 41.1 Å². The molecule has 0 saturated carbocycles. The smallest absolute Gasteiger partial charge is 0.267 e. The van der Waals surface area contributed by atoms with E-state index >= 15 is 0 Å². The van der Waals surface area contributed by atoms with Crippen LogP contribution in [-0.4, -0.2) is 17.0 Å². The van der Waals surface area contributed by atoms with Crippen molar-refractivity contribution in [2.75, 3.05) is 0 Å². The molecule has 0 aliphatic carbocycles. The number of aryl methyl sites for hydroxylation is 1. The first-order valence-corrected chi connectivity index (χ1v) is 7.10. The van der Waals surface area contributed by atoms with Gasteiger partial charge in [0.15, 0.2) is 0 Å². The highest BCUT2D eigenvalue weighted by atomic mass is 79.9. The third-order valence-corrected chi connectivity index (χ3v) is 3.53. The lowest BCUT2D eigenvalue weighted by atomic mass is 10.1. The van der Waals surface area contributed by atoms with Crippen LogP contribution in [0.3, 0.4) is 0 Å². The number of nitrogens with zero attached hydrogens (tertiary/aromatic N) is 2. The van der Waals surface area contributed by atoms with Crippen LogP contribution in [0.5, 0.6) is 0 Å². The molecule has 0 aliphatic rings. The van der Waals surface area contributed by atoms with Gasteiger partial charge in [-0.1, -0.05) is 23.8 Å². The van der Waals surface area contributed by atoms with Crippen molar-refractivity contribution in [2.24, 2.45) is 5.10 Å². The molecule has 0 saturated heterocycles. The molecule has 0 spiro atoms. The summed E-state index contributed by atoms with van der Waals surface area (Å²) in [7, 11) is 0. The standard InChI is InChI=1S/C15H12BrN3O3/c1-10-2-5-12(6-3-10)15(20)18-17-9-11-4-7-13(16)14(8-11)19(21)22/h2-9H,1H3,(H,18,20)/b17-9-. The molecule has 22 heavy (non-hydrogen) atoms. The van der Waals surface area contributed by atoms with Crippen molar-refractivity contribution in [3.63, 3.8) is 0 Å². The molecule has 0 unspecified atom stereocenters. The second kappa shape index (κ2) is 6.95. The Kier molecular flexibility index (Phi) is 5.00. The van der Waals surface area contributed by atoms with E-state index in [9.17, 15) is 14.9 Å². The fraction of sp³-hybridized carbons (Fsp3) is 0.0667. The summed E-state index contributed by atoms with van der Waals surface area (Å²) in [5.74, 6) is -0.345. The van der Waals surface area contributed by atoms with E-state index in [2.05, 4.69) is 26.5 Å². The second-order valence-electron chi connectivity index (χ2n) is 4.53. The highest BCUT2D eigenvalue weighted by Gasteiger charge is 2.11. The van der Waals surface area contributed by atoms with E-state index in [1.165, 1.54) is 12.3 Å². The van der Waals surface area contributed by atoms with Gasteiger partial charge in [-0.3, -0.25) is 14.9 Å². The van der Waals surface area contributed by atoms with Crippen molar-refractivity contribution in [1.29, 1.82) is 0 Å². The van der Waals surface area contributed by atoms with E-state index in [0.717, 1.165) is 5.56 Å². The van der Waals surface area contributed by atoms with Crippen LogP contribution in [-0.2, 0) is 0 Å². The first kappa shape index (κ1) is 15.8. The van der Waals surface area contributed by atoms with Crippen molar-refractivity contribution >= 4 is 33.7 Å². The zero-order valence-corrected chi connectivity index (χ0v) is 13.2. The second-order valence-corrected chi connectivity index (χ2v) is 5.39. The zero-order chi connectivity index (χ0) is 16.1. The number of hydrogen-bond donors (Lipinski definition) is 1. The minimum Gasteiger partial charge on any atom is -0.267 e. The van der Waals surface area contributed by atoms with Crippen molar-refractivity contribution in [1.82, 2.24) is 5.43 Å². The summed E-state index contributed by atoms with van der Waals surface area (Å²) in [5.41, 5.74) is 4.38. The number of hydrazone groups is 1. The van der Waals surface area contributed by atoms with Gasteiger partial charge in [0.25, 0.3) is 11.6 Å². The molecule has 1 amide bonds. The summed E-state index contributed by atoms with van der Waals surface area (Å²) < 4.78 is 0.387. The van der Waals surface area contributed by atoms with Crippen LogP contribution in [0.2, 0.25) is 0 Å². The van der Waals surface area contributed by atoms with E-state index < -0.39 is 4.92 Å². The Hall–Kier alpha value is -2.54. The van der Waals surface area contributed by atoms with Crippen LogP contribution < -0.4 is 5.43 Å². The Morgan fingerprint density at radius 1 is 1.27 bits per heavy atom. The summed E-state index contributed by atoms with van der Waals surface area (Å²) >= 11 is 3.10. The van der Waals surface area contributed by atoms with Crippen molar-refractivity contribution in [3.05, 3.63) is 73.7 Å². The monoisotopic (exact) mass is 361 g/mol. The van der Waals surface area contributed by atoms with Crippen LogP contribution >= 0.6 is 15.9 Å². The Morgan fingerprint density at radius 3 is 2.59 bits per heavy atom. The minimum absolute atomic E-state index is 0.0613. The van der Waals surface area contributed by atoms with Crippen molar-refractivity contribution in [2.45, 2.75) is 6.92 Å². The molecule has 0 atom stereocenters. The SMILES string of the molecule is Cc1ccc(C(=O)N/N=C\c2ccc(Br)c([N+](=O)[O-])c2)cc1. The van der Waals surface area contributed by atoms with Gasteiger partial charge in [0.05, 0.1) is 15.6 Å². The third kappa shape index (κ3) is 3.98. The van der Waals surface area contributed by atoms with E-state index in [1.54, 1.807) is 24.3 Å². The predicted molar refractivity (Wildman–Crippen MR) is 87.0 cm³/mol. The number of carbonyl (C=O) groups excluding carboxylic acids is 1. The normalized spacial score (nSPS) is 10.6. The first-order valence-electron chi connectivity index (χ1n) is 6.31. The van der Waals surface area contributed by atoms with Gasteiger partial charge in [0.1, 0.15) is 0 Å². The lowest BCUT2D eigenvalue weighted by Crippen LogP contribution is -2.17. The molecule has 0 radical (unpaired) electrons. The number of carbonyl (C=O) groups is 1. The molecule has 1 N–H and O–H groups in total. The Bertz CT molecular complexity index is 742. The molecular formula is C15H12BrN3O3. The number of amides is 1. The maximum atomic E-state index is 11.8. The van der Waals surface area contributed by atoms with Gasteiger partial charge in [-0.2, -0.15) is 5.10 Å². The number of nitro benzene ring substituents is 1. The summed E-state index contributed by atoms with van der Waals surface area (Å²) in [6.45, 7) is 1.93. The number of rotatable bonds is 4. The molecule has 0 bridgehead atoms. The number of benzene rings is 2. The average Bonchev–Trinajstić information content (AvgIpc) is 2.49. The molecule has 2 aromatic rings. The van der Waals surface area contributed by atoms with E-state index in [1.807, 2.05) is 19.1 Å². The summed E-state index contributed by atoms with van der Waals surface area (Å²) in [5, 5.41) is 14.6. The molecular weight excluding hydrogens is 350 g/mol. The number of hydrogen-bond acceptors (Lipinski definition) is 4. The quantitative estimate of drug-likeness (QED) is 0.514. The van der Waals surface area contributed by atoms with Gasteiger partial charge in [0, 0.05) is 17.2 Å². The molecule has 6 nitrogen and oxygen atoms in total. The van der Waals surface area contributed by atoms with Crippen molar-refractivity contribution < 1.29 is 9.72 Å². The molecule has 2 rings (SSSR count). The lowest BCUT2D eigenvalue weighted by molar-refractivity contribution is -0.385. The Balaban J connectivity index is 2.06. The van der Waals surface area contributed by atoms with Crippen LogP contribution in [0, 0.1) is 17.0 Å². The molecule has 0 aliphatic heterocycles. The highest BCUT2D eigenvalue weighted by molar-refractivity contribution is 9.10. The predicted octanol–water partition coefficient (Wildman–Crippen LogP) is 3.43. The van der Waals surface area contributed by atoms with Crippen LogP contribution in [0.4, 0.5) is 5.69 Å². The van der Waals surface area contributed by atoms with Gasteiger partial charge < -0.3 is 0 Å². The Labute approximate surface area is 135 Å². The zero-order valence-electron chi connectivity index (χ0n) is 11.6. The van der Waals surface area contributed by atoms with Gasteiger partial charge in [-0.25, -0.2) is 5.43 Å². The fourth-order valence-corrected chi connectivity index (χ4v) is 2.08. The topological polar surface area (TPSA) is 84.6 Å². The van der Waals surface area contributed by atoms with E-state index in [-0.39, 0.29) is 11.6 Å². The molecule has 2 aromatic carbocycles. The number of halogens is 1. The molecule has 0 aromatic heterocycles. The van der Waals surface area contributed by atoms with Crippen LogP contribution in [0.1, 0.15) is 21.5 Å². The lowest BCUT2D eigenvalue weighted by Gasteiger charge is -2.00. The summed E-state index contributed by atoms with van der Waals surface area (Å²) in [6, 6.07) is 11.6. The number of nitrogens with one attached hydrogen (secondary N) is 1. The van der Waals surface area contributed by atoms with Gasteiger partial charge >= 0.3 is 0 Å². The van der Waals surface area contributed by atoms with Crippen LogP contribution in [0.15, 0.2) is 52.0 Å². The Morgan fingerprint density at radius 2 is 1.95 bits per heavy atom. The molecule has 7 heteroatoms. The third-order valence-electron chi connectivity index (χ3n) is 2.86. The fourth-order valence-electron chi connectivity index (χ4n) is 1.68. The van der Waals surface area contributed by atoms with E-state index in [0.29, 0.717) is 15.6 Å². The summed E-state index contributed by atoms with van der Waals surface area (Å²) in [4.78, 5) is 22.2. The molecule has 112 valence electrons.